The Morgan fingerprint density at radius 1 is 0.972 bits per heavy atom. The fourth-order valence-corrected chi connectivity index (χ4v) is 5.36. The number of carbonyl (C=O) groups is 3. The third-order valence-electron chi connectivity index (χ3n) is 6.73. The summed E-state index contributed by atoms with van der Waals surface area (Å²) in [5, 5.41) is 5.82. The number of carbonyl (C=O) groups excluding carboxylic acids is 3. The molecule has 3 rings (SSSR count). The van der Waals surface area contributed by atoms with Crippen molar-refractivity contribution in [3.8, 4) is 0 Å². The van der Waals surface area contributed by atoms with Crippen LogP contribution in [0.25, 0.3) is 0 Å². The molecule has 0 heterocycles. The lowest BCUT2D eigenvalue weighted by Crippen LogP contribution is -2.52. The first kappa shape index (κ1) is 27.6. The van der Waals surface area contributed by atoms with Gasteiger partial charge >= 0.3 is 0 Å². The Hall–Kier alpha value is -3.00. The molecule has 1 fully saturated rings. The maximum Gasteiger partial charge on any atom is 0.243 e. The highest BCUT2D eigenvalue weighted by Gasteiger charge is 2.31. The van der Waals surface area contributed by atoms with Gasteiger partial charge in [-0.25, -0.2) is 0 Å². The minimum absolute atomic E-state index is 0.115. The predicted octanol–water partition coefficient (Wildman–Crippen LogP) is 4.17. The van der Waals surface area contributed by atoms with E-state index in [1.54, 1.807) is 25.1 Å². The topological polar surface area (TPSA) is 95.6 Å². The first-order chi connectivity index (χ1) is 17.2. The zero-order valence-corrected chi connectivity index (χ0v) is 22.5. The van der Waals surface area contributed by atoms with Crippen molar-refractivity contribution in [1.82, 2.24) is 5.32 Å². The number of amides is 3. The van der Waals surface area contributed by atoms with Crippen LogP contribution in [0.4, 0.5) is 11.4 Å². The minimum Gasteiger partial charge on any atom is -0.352 e. The maximum absolute atomic E-state index is 13.5. The van der Waals surface area contributed by atoms with Crippen LogP contribution >= 0.6 is 0 Å². The van der Waals surface area contributed by atoms with E-state index >= 15 is 0 Å². The van der Waals surface area contributed by atoms with E-state index in [4.69, 9.17) is 0 Å². The number of nitrogens with one attached hydrogen (secondary N) is 2. The molecule has 0 unspecified atom stereocenters. The summed E-state index contributed by atoms with van der Waals surface area (Å²) in [7, 11) is -1.74. The Labute approximate surface area is 216 Å². The van der Waals surface area contributed by atoms with Crippen molar-refractivity contribution in [2.24, 2.45) is 0 Å². The van der Waals surface area contributed by atoms with Gasteiger partial charge in [-0.05, 0) is 69.9 Å². The molecule has 1 saturated carbocycles. The monoisotopic (exact) mass is 511 g/mol. The molecule has 7 nitrogen and oxygen atoms in total. The van der Waals surface area contributed by atoms with Crippen LogP contribution in [0.15, 0.2) is 42.5 Å². The zero-order chi connectivity index (χ0) is 26.2. The Morgan fingerprint density at radius 3 is 2.31 bits per heavy atom. The van der Waals surface area contributed by atoms with Crippen LogP contribution in [0.3, 0.4) is 0 Å². The average molecular weight is 512 g/mol. The van der Waals surface area contributed by atoms with Gasteiger partial charge in [-0.15, -0.1) is 0 Å². The van der Waals surface area contributed by atoms with Crippen molar-refractivity contribution in [3.63, 3.8) is 0 Å². The second-order valence-corrected chi connectivity index (χ2v) is 11.1. The molecule has 0 aliphatic heterocycles. The minimum atomic E-state index is -1.74. The second-order valence-electron chi connectivity index (χ2n) is 9.64. The molecule has 194 valence electrons. The number of anilines is 2. The van der Waals surface area contributed by atoms with E-state index in [2.05, 4.69) is 10.6 Å². The fourth-order valence-electron chi connectivity index (χ4n) is 4.48. The molecule has 2 aromatic carbocycles. The van der Waals surface area contributed by atoms with Crippen molar-refractivity contribution in [3.05, 3.63) is 59.2 Å². The summed E-state index contributed by atoms with van der Waals surface area (Å²) in [4.78, 5) is 40.5. The van der Waals surface area contributed by atoms with Gasteiger partial charge < -0.3 is 10.6 Å². The van der Waals surface area contributed by atoms with Gasteiger partial charge in [-0.3, -0.25) is 23.5 Å². The molecule has 0 aromatic heterocycles. The van der Waals surface area contributed by atoms with Crippen LogP contribution in [-0.2, 0) is 25.2 Å². The first-order valence-corrected chi connectivity index (χ1v) is 14.0. The van der Waals surface area contributed by atoms with Crippen molar-refractivity contribution in [2.45, 2.75) is 71.9 Å². The summed E-state index contributed by atoms with van der Waals surface area (Å²) in [6.45, 7) is 7.50. The largest absolute Gasteiger partial charge is 0.352 e. The average Bonchev–Trinajstić information content (AvgIpc) is 2.83. The SMILES string of the molecule is Cc1ccc(NC(=O)C[S@@](=O)CC(=O)N(c2cccc(C)c2C)[C@H](C)C(=O)NC2CCCCC2)cc1. The molecule has 3 amide bonds. The Bertz CT molecular complexity index is 1110. The first-order valence-electron chi connectivity index (χ1n) is 12.6. The fraction of sp³-hybridized carbons (Fsp3) is 0.464. The number of hydrogen-bond donors (Lipinski definition) is 2. The second kappa shape index (κ2) is 12.8. The molecule has 0 spiro atoms. The van der Waals surface area contributed by atoms with Gasteiger partial charge in [0.1, 0.15) is 17.5 Å². The molecule has 2 N–H and O–H groups in total. The summed E-state index contributed by atoms with van der Waals surface area (Å²) in [5.41, 5.74) is 4.16. The van der Waals surface area contributed by atoms with Gasteiger partial charge in [0.25, 0.3) is 0 Å². The van der Waals surface area contributed by atoms with Crippen molar-refractivity contribution < 1.29 is 18.6 Å². The van der Waals surface area contributed by atoms with E-state index in [-0.39, 0.29) is 23.5 Å². The number of aryl methyl sites for hydroxylation is 2. The Kier molecular flexibility index (Phi) is 9.81. The molecule has 0 radical (unpaired) electrons. The van der Waals surface area contributed by atoms with Crippen LogP contribution in [0.2, 0.25) is 0 Å². The zero-order valence-electron chi connectivity index (χ0n) is 21.6. The number of hydrogen-bond acceptors (Lipinski definition) is 4. The van der Waals surface area contributed by atoms with Gasteiger partial charge in [-0.2, -0.15) is 0 Å². The maximum atomic E-state index is 13.5. The standard InChI is InChI=1S/C28H37N3O4S/c1-19-13-15-24(16-14-19)29-26(32)17-36(35)18-27(33)31(25-12-8-9-20(2)21(25)3)22(4)28(34)30-23-10-6-5-7-11-23/h8-9,12-16,22-23H,5-7,10-11,17-18H2,1-4H3,(H,29,32)(H,30,34)/t22-,36-/m1/s1. The summed E-state index contributed by atoms with van der Waals surface area (Å²) in [6, 6.07) is 12.2. The summed E-state index contributed by atoms with van der Waals surface area (Å²) >= 11 is 0. The highest BCUT2D eigenvalue weighted by molar-refractivity contribution is 7.86. The highest BCUT2D eigenvalue weighted by Crippen LogP contribution is 2.26. The molecule has 36 heavy (non-hydrogen) atoms. The smallest absolute Gasteiger partial charge is 0.243 e. The predicted molar refractivity (Wildman–Crippen MR) is 146 cm³/mol. The van der Waals surface area contributed by atoms with Gasteiger partial charge in [0.2, 0.25) is 17.7 Å². The molecule has 2 aromatic rings. The summed E-state index contributed by atoms with van der Waals surface area (Å²) in [6.07, 6.45) is 5.23. The van der Waals surface area contributed by atoms with Crippen molar-refractivity contribution in [2.75, 3.05) is 21.7 Å². The third kappa shape index (κ3) is 7.50. The van der Waals surface area contributed by atoms with Crippen LogP contribution in [0.5, 0.6) is 0 Å². The van der Waals surface area contributed by atoms with E-state index in [0.717, 1.165) is 42.4 Å². The van der Waals surface area contributed by atoms with E-state index in [1.807, 2.05) is 45.0 Å². The molecule has 2 atom stereocenters. The number of nitrogens with zero attached hydrogens (tertiary/aromatic N) is 1. The lowest BCUT2D eigenvalue weighted by Gasteiger charge is -2.32. The molecule has 8 heteroatoms. The lowest BCUT2D eigenvalue weighted by atomic mass is 9.95. The lowest BCUT2D eigenvalue weighted by molar-refractivity contribution is -0.126. The molecule has 0 saturated heterocycles. The van der Waals surface area contributed by atoms with Crippen LogP contribution in [-0.4, -0.2) is 45.5 Å². The van der Waals surface area contributed by atoms with Crippen LogP contribution in [0.1, 0.15) is 55.7 Å². The Morgan fingerprint density at radius 2 is 1.64 bits per heavy atom. The molecule has 1 aliphatic rings. The van der Waals surface area contributed by atoms with Crippen LogP contribution in [0, 0.1) is 20.8 Å². The molecule has 0 bridgehead atoms. The Balaban J connectivity index is 1.72. The van der Waals surface area contributed by atoms with Gasteiger partial charge in [0.05, 0.1) is 0 Å². The molecular weight excluding hydrogens is 474 g/mol. The molecular formula is C28H37N3O4S. The normalized spacial score (nSPS) is 15.6. The number of benzene rings is 2. The van der Waals surface area contributed by atoms with Gasteiger partial charge in [-0.1, -0.05) is 49.1 Å². The quantitative estimate of drug-likeness (QED) is 0.528. The van der Waals surface area contributed by atoms with Gasteiger partial charge in [0, 0.05) is 28.2 Å². The summed E-state index contributed by atoms with van der Waals surface area (Å²) in [5.74, 6) is -1.75. The highest BCUT2D eigenvalue weighted by atomic mass is 32.2. The van der Waals surface area contributed by atoms with Crippen LogP contribution < -0.4 is 15.5 Å². The van der Waals surface area contributed by atoms with E-state index in [9.17, 15) is 18.6 Å². The third-order valence-corrected chi connectivity index (χ3v) is 7.89. The summed E-state index contributed by atoms with van der Waals surface area (Å²) < 4.78 is 12.8. The van der Waals surface area contributed by atoms with E-state index < -0.39 is 28.7 Å². The number of rotatable bonds is 9. The molecule has 1 aliphatic carbocycles. The van der Waals surface area contributed by atoms with E-state index in [1.165, 1.54) is 11.3 Å². The van der Waals surface area contributed by atoms with Gasteiger partial charge in [0.15, 0.2) is 0 Å². The van der Waals surface area contributed by atoms with Crippen molar-refractivity contribution >= 4 is 39.9 Å². The van der Waals surface area contributed by atoms with Crippen molar-refractivity contribution in [1.29, 1.82) is 0 Å². The van der Waals surface area contributed by atoms with E-state index in [0.29, 0.717) is 11.4 Å².